The maximum atomic E-state index is 12.8. The van der Waals surface area contributed by atoms with Gasteiger partial charge in [-0.2, -0.15) is 0 Å². The minimum absolute atomic E-state index is 0.0705. The molecule has 0 aromatic carbocycles. The van der Waals surface area contributed by atoms with Gasteiger partial charge in [-0.1, -0.05) is 306 Å². The Morgan fingerprint density at radius 2 is 0.513 bits per heavy atom. The van der Waals surface area contributed by atoms with Gasteiger partial charge >= 0.3 is 17.9 Å². The highest BCUT2D eigenvalue weighted by Crippen LogP contribution is 2.18. The molecule has 0 aromatic heterocycles. The molecule has 0 spiro atoms. The molecule has 0 rings (SSSR count). The smallest absolute Gasteiger partial charge is 0.306 e. The number of carbonyl (C=O) groups is 3. The summed E-state index contributed by atoms with van der Waals surface area (Å²) in [6.07, 6.45) is 82.8. The second-order valence-corrected chi connectivity index (χ2v) is 22.4. The first-order chi connectivity index (χ1) is 37.5. The van der Waals surface area contributed by atoms with Gasteiger partial charge in [-0.05, 0) is 83.5 Å². The Kier molecular flexibility index (Phi) is 62.2. The van der Waals surface area contributed by atoms with E-state index in [1.807, 2.05) is 0 Å². The molecule has 1 unspecified atom stereocenters. The van der Waals surface area contributed by atoms with Crippen LogP contribution in [0.15, 0.2) is 60.8 Å². The molecule has 0 N–H and O–H groups in total. The minimum Gasteiger partial charge on any atom is -0.462 e. The fourth-order valence-electron chi connectivity index (χ4n) is 9.79. The third kappa shape index (κ3) is 62.0. The molecule has 1 atom stereocenters. The van der Waals surface area contributed by atoms with Gasteiger partial charge in [0.05, 0.1) is 0 Å². The second kappa shape index (κ2) is 64.6. The molecule has 0 aliphatic carbocycles. The summed E-state index contributed by atoms with van der Waals surface area (Å²) in [6, 6.07) is 0. The maximum Gasteiger partial charge on any atom is 0.306 e. The number of rotatable bonds is 61. The zero-order chi connectivity index (χ0) is 55.0. The van der Waals surface area contributed by atoms with E-state index in [9.17, 15) is 14.4 Å². The molecule has 76 heavy (non-hydrogen) atoms. The number of hydrogen-bond acceptors (Lipinski definition) is 6. The second-order valence-electron chi connectivity index (χ2n) is 22.4. The van der Waals surface area contributed by atoms with Gasteiger partial charge < -0.3 is 14.2 Å². The van der Waals surface area contributed by atoms with Crippen molar-refractivity contribution in [3.05, 3.63) is 60.8 Å². The first-order valence-electron chi connectivity index (χ1n) is 33.3. The number of hydrogen-bond donors (Lipinski definition) is 0. The summed E-state index contributed by atoms with van der Waals surface area (Å²) in [4.78, 5) is 38.1. The van der Waals surface area contributed by atoms with E-state index in [-0.39, 0.29) is 31.1 Å². The number of esters is 3. The lowest BCUT2D eigenvalue weighted by atomic mass is 10.0. The van der Waals surface area contributed by atoms with Gasteiger partial charge in [0.1, 0.15) is 13.2 Å². The van der Waals surface area contributed by atoms with Crippen molar-refractivity contribution in [3.8, 4) is 0 Å². The van der Waals surface area contributed by atoms with E-state index in [0.717, 1.165) is 83.5 Å². The van der Waals surface area contributed by atoms with Gasteiger partial charge in [0.2, 0.25) is 0 Å². The minimum atomic E-state index is -0.771. The van der Waals surface area contributed by atoms with E-state index < -0.39 is 6.10 Å². The van der Waals surface area contributed by atoms with Crippen LogP contribution in [0.25, 0.3) is 0 Å². The molecule has 0 aliphatic heterocycles. The maximum absolute atomic E-state index is 12.8. The number of carbonyl (C=O) groups excluding carboxylic acids is 3. The Bertz CT molecular complexity index is 1360. The highest BCUT2D eigenvalue weighted by atomic mass is 16.6. The lowest BCUT2D eigenvalue weighted by Gasteiger charge is -2.18. The van der Waals surface area contributed by atoms with Crippen LogP contribution >= 0.6 is 0 Å². The molecule has 0 saturated carbocycles. The third-order valence-corrected chi connectivity index (χ3v) is 14.8. The Morgan fingerprint density at radius 3 is 0.816 bits per heavy atom. The zero-order valence-corrected chi connectivity index (χ0v) is 50.8. The van der Waals surface area contributed by atoms with Gasteiger partial charge in [0.15, 0.2) is 6.10 Å². The Morgan fingerprint density at radius 1 is 0.276 bits per heavy atom. The number of allylic oxidation sites excluding steroid dienone is 10. The van der Waals surface area contributed by atoms with Crippen molar-refractivity contribution >= 4 is 17.9 Å². The predicted octanol–water partition coefficient (Wildman–Crippen LogP) is 22.7. The summed E-state index contributed by atoms with van der Waals surface area (Å²) in [5, 5.41) is 0. The van der Waals surface area contributed by atoms with Crippen LogP contribution in [0.1, 0.15) is 348 Å². The molecule has 0 bridgehead atoms. The fourth-order valence-corrected chi connectivity index (χ4v) is 9.79. The topological polar surface area (TPSA) is 78.9 Å². The largest absolute Gasteiger partial charge is 0.462 e. The first kappa shape index (κ1) is 73.1. The Hall–Kier alpha value is -2.89. The first-order valence-corrected chi connectivity index (χ1v) is 33.3. The van der Waals surface area contributed by atoms with Gasteiger partial charge in [0, 0.05) is 19.3 Å². The van der Waals surface area contributed by atoms with Crippen molar-refractivity contribution in [3.63, 3.8) is 0 Å². The van der Waals surface area contributed by atoms with Crippen molar-refractivity contribution in [1.29, 1.82) is 0 Å². The van der Waals surface area contributed by atoms with Gasteiger partial charge in [0.25, 0.3) is 0 Å². The number of ether oxygens (including phenoxy) is 3. The normalized spacial score (nSPS) is 12.4. The monoisotopic (exact) mass is 1060 g/mol. The molecule has 0 heterocycles. The van der Waals surface area contributed by atoms with Gasteiger partial charge in [-0.15, -0.1) is 0 Å². The average molecular weight is 1060 g/mol. The molecule has 0 fully saturated rings. The SMILES string of the molecule is CC/C=C\C/C=C\C/C=C\C/C=C\CCCCCCCCCCCCCCCCCCCCCCC(=O)OCC(COC(=O)CCCCCCCCC)OC(=O)CCCCCCCCC/C=C\CCCCCCCCC. The van der Waals surface area contributed by atoms with E-state index in [2.05, 4.69) is 81.5 Å². The van der Waals surface area contributed by atoms with Crippen LogP contribution in [0, 0.1) is 0 Å². The summed E-state index contributed by atoms with van der Waals surface area (Å²) >= 11 is 0. The standard InChI is InChI=1S/C70H126O6/c1-4-7-10-13-16-18-20-22-24-26-28-29-30-31-32-33-34-35-36-37-38-39-40-41-42-44-45-47-49-51-54-57-60-63-69(72)75-66-67(65-74-68(71)62-59-56-53-15-12-9-6-3)76-70(73)64-61-58-55-52-50-48-46-43-27-25-23-21-19-17-14-11-8-5-2/h7,10,16,18,22,24-25,27-29,67H,4-6,8-9,11-15,17,19-21,23,26,30-66H2,1-3H3/b10-7-,18-16-,24-22-,27-25-,29-28-. The third-order valence-electron chi connectivity index (χ3n) is 14.8. The van der Waals surface area contributed by atoms with E-state index in [1.165, 1.54) is 225 Å². The van der Waals surface area contributed by atoms with Crippen LogP contribution < -0.4 is 0 Å². The summed E-state index contributed by atoms with van der Waals surface area (Å²) in [5.41, 5.74) is 0. The summed E-state index contributed by atoms with van der Waals surface area (Å²) in [5.74, 6) is -0.862. The Balaban J connectivity index is 3.99. The Labute approximate surface area is 472 Å². The van der Waals surface area contributed by atoms with Gasteiger partial charge in [-0.3, -0.25) is 14.4 Å². The molecule has 0 saturated heterocycles. The molecular formula is C70H126O6. The lowest BCUT2D eigenvalue weighted by molar-refractivity contribution is -0.167. The van der Waals surface area contributed by atoms with Crippen molar-refractivity contribution in [2.45, 2.75) is 354 Å². The molecule has 0 aliphatic rings. The quantitative estimate of drug-likeness (QED) is 0.0261. The molecule has 442 valence electrons. The summed E-state index contributed by atoms with van der Waals surface area (Å²) in [6.45, 7) is 6.52. The van der Waals surface area contributed by atoms with E-state index in [0.29, 0.717) is 19.3 Å². The van der Waals surface area contributed by atoms with E-state index >= 15 is 0 Å². The molecule has 0 amide bonds. The van der Waals surface area contributed by atoms with Crippen LogP contribution in [-0.2, 0) is 28.6 Å². The van der Waals surface area contributed by atoms with E-state index in [1.54, 1.807) is 0 Å². The lowest BCUT2D eigenvalue weighted by Crippen LogP contribution is -2.30. The van der Waals surface area contributed by atoms with Crippen LogP contribution in [0.3, 0.4) is 0 Å². The summed E-state index contributed by atoms with van der Waals surface area (Å²) in [7, 11) is 0. The summed E-state index contributed by atoms with van der Waals surface area (Å²) < 4.78 is 16.8. The molecule has 0 aromatic rings. The molecule has 6 nitrogen and oxygen atoms in total. The highest BCUT2D eigenvalue weighted by Gasteiger charge is 2.19. The molecule has 6 heteroatoms. The number of unbranched alkanes of at least 4 members (excludes halogenated alkanes) is 40. The fraction of sp³-hybridized carbons (Fsp3) is 0.814. The molecular weight excluding hydrogens is 937 g/mol. The zero-order valence-electron chi connectivity index (χ0n) is 50.8. The highest BCUT2D eigenvalue weighted by molar-refractivity contribution is 5.71. The van der Waals surface area contributed by atoms with Gasteiger partial charge in [-0.25, -0.2) is 0 Å². The van der Waals surface area contributed by atoms with Crippen molar-refractivity contribution in [1.82, 2.24) is 0 Å². The van der Waals surface area contributed by atoms with Crippen LogP contribution in [0.5, 0.6) is 0 Å². The van der Waals surface area contributed by atoms with Crippen LogP contribution in [0.4, 0.5) is 0 Å². The van der Waals surface area contributed by atoms with Crippen LogP contribution in [0.2, 0.25) is 0 Å². The van der Waals surface area contributed by atoms with Crippen LogP contribution in [-0.4, -0.2) is 37.2 Å². The average Bonchev–Trinajstić information content (AvgIpc) is 3.42. The van der Waals surface area contributed by atoms with Crippen molar-refractivity contribution < 1.29 is 28.6 Å². The van der Waals surface area contributed by atoms with E-state index in [4.69, 9.17) is 14.2 Å². The predicted molar refractivity (Wildman–Crippen MR) is 330 cm³/mol. The molecule has 0 radical (unpaired) electrons. The van der Waals surface area contributed by atoms with Crippen molar-refractivity contribution in [2.24, 2.45) is 0 Å². The van der Waals surface area contributed by atoms with Crippen molar-refractivity contribution in [2.75, 3.05) is 13.2 Å².